The van der Waals surface area contributed by atoms with Crippen LogP contribution in [0.15, 0.2) is 29.2 Å². The van der Waals surface area contributed by atoms with E-state index in [1.807, 2.05) is 29.2 Å². The molecule has 2 aliphatic rings. The third-order valence-electron chi connectivity index (χ3n) is 5.03. The molecular formula is C18H24ClNO3S2. The maximum absolute atomic E-state index is 13.0. The molecule has 1 heterocycles. The van der Waals surface area contributed by atoms with E-state index in [0.29, 0.717) is 17.2 Å². The Balaban J connectivity index is 1.69. The summed E-state index contributed by atoms with van der Waals surface area (Å²) in [6.07, 6.45) is 6.02. The van der Waals surface area contributed by atoms with Crippen LogP contribution in [0.5, 0.6) is 0 Å². The zero-order chi connectivity index (χ0) is 17.9. The largest absolute Gasteiger partial charge is 0.335 e. The van der Waals surface area contributed by atoms with Gasteiger partial charge in [0.15, 0.2) is 9.84 Å². The highest BCUT2D eigenvalue weighted by Crippen LogP contribution is 2.30. The van der Waals surface area contributed by atoms with E-state index in [9.17, 15) is 13.2 Å². The Morgan fingerprint density at radius 3 is 2.36 bits per heavy atom. The maximum Gasteiger partial charge on any atom is 0.233 e. The van der Waals surface area contributed by atoms with Gasteiger partial charge in [0.2, 0.25) is 5.91 Å². The second-order valence-electron chi connectivity index (χ2n) is 6.89. The topological polar surface area (TPSA) is 54.5 Å². The molecule has 1 unspecified atom stereocenters. The number of halogens is 1. The van der Waals surface area contributed by atoms with Gasteiger partial charge in [0.25, 0.3) is 0 Å². The van der Waals surface area contributed by atoms with E-state index in [4.69, 9.17) is 11.6 Å². The average Bonchev–Trinajstić information content (AvgIpc) is 2.95. The van der Waals surface area contributed by atoms with Crippen molar-refractivity contribution in [1.29, 1.82) is 0 Å². The van der Waals surface area contributed by atoms with Gasteiger partial charge in [-0.15, -0.1) is 11.8 Å². The summed E-state index contributed by atoms with van der Waals surface area (Å²) >= 11 is 7.39. The molecule has 3 rings (SSSR count). The van der Waals surface area contributed by atoms with Gasteiger partial charge in [0, 0.05) is 22.0 Å². The second-order valence-corrected chi connectivity index (χ2v) is 10.6. The van der Waals surface area contributed by atoms with E-state index in [-0.39, 0.29) is 29.5 Å². The highest BCUT2D eigenvalue weighted by molar-refractivity contribution is 8.00. The Morgan fingerprint density at radius 1 is 1.08 bits per heavy atom. The third-order valence-corrected chi connectivity index (χ3v) is 8.03. The molecule has 4 nitrogen and oxygen atoms in total. The van der Waals surface area contributed by atoms with Crippen LogP contribution in [0.3, 0.4) is 0 Å². The molecule has 25 heavy (non-hydrogen) atoms. The predicted molar refractivity (Wildman–Crippen MR) is 103 cm³/mol. The molecule has 0 spiro atoms. The van der Waals surface area contributed by atoms with Gasteiger partial charge in [0.05, 0.1) is 17.3 Å². The first-order valence-electron chi connectivity index (χ1n) is 8.84. The smallest absolute Gasteiger partial charge is 0.233 e. The fourth-order valence-corrected chi connectivity index (χ4v) is 6.41. The molecule has 7 heteroatoms. The fraction of sp³-hybridized carbons (Fsp3) is 0.611. The zero-order valence-corrected chi connectivity index (χ0v) is 16.6. The first-order chi connectivity index (χ1) is 11.9. The third kappa shape index (κ3) is 5.14. The number of benzene rings is 1. The molecule has 0 bridgehead atoms. The summed E-state index contributed by atoms with van der Waals surface area (Å²) < 4.78 is 23.8. The monoisotopic (exact) mass is 401 g/mol. The minimum absolute atomic E-state index is 0.0638. The Kier molecular flexibility index (Phi) is 6.34. The van der Waals surface area contributed by atoms with Gasteiger partial charge in [-0.25, -0.2) is 8.42 Å². The van der Waals surface area contributed by atoms with Crippen LogP contribution < -0.4 is 0 Å². The van der Waals surface area contributed by atoms with Crippen molar-refractivity contribution < 1.29 is 13.2 Å². The molecule has 1 amide bonds. The lowest BCUT2D eigenvalue weighted by Crippen LogP contribution is -2.49. The summed E-state index contributed by atoms with van der Waals surface area (Å²) in [5.74, 6) is 0.738. The molecule has 2 fully saturated rings. The van der Waals surface area contributed by atoms with Crippen molar-refractivity contribution in [2.45, 2.75) is 55.5 Å². The van der Waals surface area contributed by atoms with Crippen molar-refractivity contribution in [2.75, 3.05) is 17.3 Å². The first kappa shape index (κ1) is 19.1. The Hall–Kier alpha value is -0.720. The van der Waals surface area contributed by atoms with E-state index >= 15 is 0 Å². The molecule has 0 radical (unpaired) electrons. The number of carbonyl (C=O) groups is 1. The summed E-state index contributed by atoms with van der Waals surface area (Å²) in [5.41, 5.74) is 0. The Bertz CT molecular complexity index is 700. The lowest BCUT2D eigenvalue weighted by Gasteiger charge is -2.38. The minimum atomic E-state index is -3.00. The molecular weight excluding hydrogens is 378 g/mol. The van der Waals surface area contributed by atoms with Gasteiger partial charge in [-0.1, -0.05) is 30.9 Å². The molecule has 1 saturated heterocycles. The van der Waals surface area contributed by atoms with Gasteiger partial charge in [-0.05, 0) is 43.5 Å². The van der Waals surface area contributed by atoms with Gasteiger partial charge in [-0.2, -0.15) is 0 Å². The predicted octanol–water partition coefficient (Wildman–Crippen LogP) is 3.78. The van der Waals surface area contributed by atoms with Crippen molar-refractivity contribution >= 4 is 39.1 Å². The number of rotatable bonds is 5. The van der Waals surface area contributed by atoms with Crippen LogP contribution in [-0.4, -0.2) is 48.6 Å². The molecule has 1 aromatic carbocycles. The van der Waals surface area contributed by atoms with Gasteiger partial charge in [0.1, 0.15) is 0 Å². The number of hydrogen-bond donors (Lipinski definition) is 0. The summed E-state index contributed by atoms with van der Waals surface area (Å²) in [4.78, 5) is 15.9. The SMILES string of the molecule is O=C(CSc1ccc(Cl)cc1)N(C1CCCCC1)C1CCS(=O)(=O)C1. The van der Waals surface area contributed by atoms with Crippen molar-refractivity contribution in [2.24, 2.45) is 0 Å². The van der Waals surface area contributed by atoms with E-state index < -0.39 is 9.84 Å². The van der Waals surface area contributed by atoms with Crippen LogP contribution >= 0.6 is 23.4 Å². The van der Waals surface area contributed by atoms with Crippen LogP contribution in [0, 0.1) is 0 Å². The Morgan fingerprint density at radius 2 is 1.76 bits per heavy atom. The molecule has 1 aliphatic carbocycles. The number of nitrogens with zero attached hydrogens (tertiary/aromatic N) is 1. The van der Waals surface area contributed by atoms with Crippen LogP contribution in [0.2, 0.25) is 5.02 Å². The van der Waals surface area contributed by atoms with E-state index in [0.717, 1.165) is 30.6 Å². The molecule has 0 N–H and O–H groups in total. The van der Waals surface area contributed by atoms with Crippen molar-refractivity contribution in [3.05, 3.63) is 29.3 Å². The van der Waals surface area contributed by atoms with Crippen LogP contribution in [0.25, 0.3) is 0 Å². The quantitative estimate of drug-likeness (QED) is 0.704. The summed E-state index contributed by atoms with van der Waals surface area (Å²) in [6.45, 7) is 0. The van der Waals surface area contributed by atoms with Crippen LogP contribution in [-0.2, 0) is 14.6 Å². The van der Waals surface area contributed by atoms with Crippen molar-refractivity contribution in [3.63, 3.8) is 0 Å². The molecule has 138 valence electrons. The molecule has 0 aromatic heterocycles. The average molecular weight is 402 g/mol. The van der Waals surface area contributed by atoms with Crippen molar-refractivity contribution in [1.82, 2.24) is 4.90 Å². The number of carbonyl (C=O) groups excluding carboxylic acids is 1. The summed E-state index contributed by atoms with van der Waals surface area (Å²) in [7, 11) is -3.00. The van der Waals surface area contributed by atoms with E-state index in [1.165, 1.54) is 18.2 Å². The number of hydrogen-bond acceptors (Lipinski definition) is 4. The highest BCUT2D eigenvalue weighted by Gasteiger charge is 2.38. The molecule has 1 saturated carbocycles. The molecule has 1 aromatic rings. The van der Waals surface area contributed by atoms with Crippen LogP contribution in [0.1, 0.15) is 38.5 Å². The van der Waals surface area contributed by atoms with Crippen molar-refractivity contribution in [3.8, 4) is 0 Å². The van der Waals surface area contributed by atoms with Gasteiger partial charge >= 0.3 is 0 Å². The molecule has 1 atom stereocenters. The lowest BCUT2D eigenvalue weighted by atomic mass is 9.93. The van der Waals surface area contributed by atoms with Gasteiger partial charge < -0.3 is 4.90 Å². The highest BCUT2D eigenvalue weighted by atomic mass is 35.5. The van der Waals surface area contributed by atoms with E-state index in [2.05, 4.69) is 0 Å². The zero-order valence-electron chi connectivity index (χ0n) is 14.2. The minimum Gasteiger partial charge on any atom is -0.335 e. The number of amides is 1. The lowest BCUT2D eigenvalue weighted by molar-refractivity contribution is -0.133. The maximum atomic E-state index is 13.0. The number of sulfone groups is 1. The second kappa shape index (κ2) is 8.31. The summed E-state index contributed by atoms with van der Waals surface area (Å²) in [5, 5.41) is 0.677. The fourth-order valence-electron chi connectivity index (χ4n) is 3.81. The molecule has 1 aliphatic heterocycles. The van der Waals surface area contributed by atoms with E-state index in [1.54, 1.807) is 0 Å². The normalized spacial score (nSPS) is 23.5. The first-order valence-corrected chi connectivity index (χ1v) is 12.0. The van der Waals surface area contributed by atoms with Gasteiger partial charge in [-0.3, -0.25) is 4.79 Å². The Labute approximate surface area is 159 Å². The standard InChI is InChI=1S/C18H24ClNO3S2/c19-14-6-8-17(9-7-14)24-12-18(21)20(15-4-2-1-3-5-15)16-10-11-25(22,23)13-16/h6-9,15-16H,1-5,10-13H2. The summed E-state index contributed by atoms with van der Waals surface area (Å²) in [6, 6.07) is 7.50. The number of thioether (sulfide) groups is 1. The van der Waals surface area contributed by atoms with Crippen LogP contribution in [0.4, 0.5) is 0 Å².